The monoisotopic (exact) mass is 295 g/mol. The molecule has 6 heteroatoms. The van der Waals surface area contributed by atoms with Gasteiger partial charge in [0, 0.05) is 0 Å². The Morgan fingerprint density at radius 3 is 2.63 bits per heavy atom. The van der Waals surface area contributed by atoms with Crippen LogP contribution in [0.15, 0.2) is 30.3 Å². The number of rotatable bonds is 1. The predicted octanol–water partition coefficient (Wildman–Crippen LogP) is 4.17. The summed E-state index contributed by atoms with van der Waals surface area (Å²) in [5, 5.41) is 0.444. The molecule has 0 atom stereocenters. The maximum Gasteiger partial charge on any atom is 0.166 e. The van der Waals surface area contributed by atoms with Crippen LogP contribution in [0.25, 0.3) is 16.9 Å². The summed E-state index contributed by atoms with van der Waals surface area (Å²) in [6.45, 7) is 1.82. The first-order chi connectivity index (χ1) is 9.06. The number of fused-ring (bicyclic) bond motifs is 1. The molecule has 1 aromatic carbocycles. The van der Waals surface area contributed by atoms with Gasteiger partial charge in [0.15, 0.2) is 5.65 Å². The fourth-order valence-electron chi connectivity index (χ4n) is 1.98. The Hall–Kier alpha value is -1.65. The summed E-state index contributed by atoms with van der Waals surface area (Å²) in [5.74, 6) is 0.217. The van der Waals surface area contributed by atoms with E-state index in [0.29, 0.717) is 27.8 Å². The van der Waals surface area contributed by atoms with Crippen molar-refractivity contribution < 1.29 is 4.39 Å². The van der Waals surface area contributed by atoms with Crippen LogP contribution in [0.4, 0.5) is 4.39 Å². The smallest absolute Gasteiger partial charge is 0.166 e. The van der Waals surface area contributed by atoms with Crippen molar-refractivity contribution in [2.24, 2.45) is 0 Å². The molecule has 0 bridgehead atoms. The maximum atomic E-state index is 13.6. The lowest BCUT2D eigenvalue weighted by atomic mass is 10.3. The van der Waals surface area contributed by atoms with Crippen molar-refractivity contribution >= 4 is 34.4 Å². The van der Waals surface area contributed by atoms with E-state index in [4.69, 9.17) is 23.2 Å². The molecule has 2 aromatic heterocycles. The van der Waals surface area contributed by atoms with Gasteiger partial charge in [-0.2, -0.15) is 0 Å². The molecule has 0 N–H and O–H groups in total. The van der Waals surface area contributed by atoms with Gasteiger partial charge in [0.1, 0.15) is 22.3 Å². The highest BCUT2D eigenvalue weighted by molar-refractivity contribution is 6.30. The Kier molecular flexibility index (Phi) is 2.92. The van der Waals surface area contributed by atoms with E-state index < -0.39 is 5.82 Å². The highest BCUT2D eigenvalue weighted by Crippen LogP contribution is 2.24. The molecular weight excluding hydrogens is 288 g/mol. The number of imidazole rings is 1. The Morgan fingerprint density at radius 2 is 1.89 bits per heavy atom. The first kappa shape index (κ1) is 12.4. The second kappa shape index (κ2) is 4.47. The molecule has 19 heavy (non-hydrogen) atoms. The lowest BCUT2D eigenvalue weighted by Gasteiger charge is -2.07. The van der Waals surface area contributed by atoms with Gasteiger partial charge in [-0.3, -0.25) is 4.57 Å². The van der Waals surface area contributed by atoms with Gasteiger partial charge < -0.3 is 0 Å². The van der Waals surface area contributed by atoms with Gasteiger partial charge in [0.25, 0.3) is 0 Å². The maximum absolute atomic E-state index is 13.6. The zero-order chi connectivity index (χ0) is 13.6. The molecule has 0 aliphatic heterocycles. The number of nitrogens with zero attached hydrogens (tertiary/aromatic N) is 3. The number of aromatic nitrogens is 3. The summed E-state index contributed by atoms with van der Waals surface area (Å²) in [4.78, 5) is 8.60. The minimum Gasteiger partial charge on any atom is -0.281 e. The third-order valence-corrected chi connectivity index (χ3v) is 3.32. The van der Waals surface area contributed by atoms with Crippen LogP contribution in [0.5, 0.6) is 0 Å². The zero-order valence-electron chi connectivity index (χ0n) is 9.86. The molecule has 2 heterocycles. The Bertz CT molecular complexity index is 783. The van der Waals surface area contributed by atoms with Gasteiger partial charge in [0.2, 0.25) is 0 Å². The molecular formula is C13H8Cl2FN3. The van der Waals surface area contributed by atoms with Gasteiger partial charge in [-0.1, -0.05) is 23.2 Å². The van der Waals surface area contributed by atoms with Crippen molar-refractivity contribution in [1.82, 2.24) is 14.5 Å². The van der Waals surface area contributed by atoms with Crippen molar-refractivity contribution in [2.45, 2.75) is 6.92 Å². The van der Waals surface area contributed by atoms with E-state index in [-0.39, 0.29) is 5.02 Å². The lowest BCUT2D eigenvalue weighted by molar-refractivity contribution is 0.627. The summed E-state index contributed by atoms with van der Waals surface area (Å²) in [6, 6.07) is 8.01. The van der Waals surface area contributed by atoms with Crippen LogP contribution in [-0.2, 0) is 0 Å². The van der Waals surface area contributed by atoms with E-state index >= 15 is 0 Å². The highest BCUT2D eigenvalue weighted by atomic mass is 35.5. The molecule has 0 fully saturated rings. The van der Waals surface area contributed by atoms with Crippen molar-refractivity contribution in [3.63, 3.8) is 0 Å². The van der Waals surface area contributed by atoms with Crippen LogP contribution in [-0.4, -0.2) is 14.5 Å². The normalized spacial score (nSPS) is 11.2. The van der Waals surface area contributed by atoms with Gasteiger partial charge in [-0.25, -0.2) is 14.4 Å². The van der Waals surface area contributed by atoms with Crippen LogP contribution in [0.2, 0.25) is 10.2 Å². The van der Waals surface area contributed by atoms with E-state index in [0.717, 1.165) is 0 Å². The number of hydrogen-bond acceptors (Lipinski definition) is 2. The average Bonchev–Trinajstić information content (AvgIpc) is 2.68. The fraction of sp³-hybridized carbons (Fsp3) is 0.0769. The number of aryl methyl sites for hydroxylation is 1. The van der Waals surface area contributed by atoms with Crippen LogP contribution >= 0.6 is 23.2 Å². The summed E-state index contributed by atoms with van der Waals surface area (Å²) in [5.41, 5.74) is 1.90. The first-order valence-corrected chi connectivity index (χ1v) is 6.29. The third kappa shape index (κ3) is 2.07. The quantitative estimate of drug-likeness (QED) is 0.631. The van der Waals surface area contributed by atoms with E-state index in [2.05, 4.69) is 9.97 Å². The number of halogens is 3. The molecule has 96 valence electrons. The van der Waals surface area contributed by atoms with Crippen molar-refractivity contribution in [1.29, 1.82) is 0 Å². The molecule has 0 saturated heterocycles. The standard InChI is InChI=1S/C13H8Cl2FN3/c1-7-17-11-4-5-12(15)18-13(11)19(7)8-2-3-9(14)10(16)6-8/h2-6H,1H3. The second-order valence-electron chi connectivity index (χ2n) is 4.07. The van der Waals surface area contributed by atoms with Crippen LogP contribution < -0.4 is 0 Å². The zero-order valence-corrected chi connectivity index (χ0v) is 11.4. The number of hydrogen-bond donors (Lipinski definition) is 0. The predicted molar refractivity (Wildman–Crippen MR) is 73.6 cm³/mol. The molecule has 0 aliphatic carbocycles. The fourth-order valence-corrected chi connectivity index (χ4v) is 2.24. The Morgan fingerprint density at radius 1 is 1.11 bits per heavy atom. The molecule has 0 spiro atoms. The summed E-state index contributed by atoms with van der Waals surface area (Å²) in [7, 11) is 0. The molecule has 0 amide bonds. The molecule has 0 unspecified atom stereocenters. The Labute approximate surface area is 118 Å². The van der Waals surface area contributed by atoms with Crippen LogP contribution in [0.1, 0.15) is 5.82 Å². The molecule has 3 rings (SSSR count). The Balaban J connectivity index is 2.31. The minimum atomic E-state index is -0.484. The van der Waals surface area contributed by atoms with Crippen LogP contribution in [0, 0.1) is 12.7 Å². The van der Waals surface area contributed by atoms with Gasteiger partial charge in [-0.15, -0.1) is 0 Å². The van der Waals surface area contributed by atoms with Gasteiger partial charge >= 0.3 is 0 Å². The van der Waals surface area contributed by atoms with Crippen molar-refractivity contribution in [3.05, 3.63) is 52.1 Å². The number of benzene rings is 1. The molecule has 3 aromatic rings. The SMILES string of the molecule is Cc1nc2ccc(Cl)nc2n1-c1ccc(Cl)c(F)c1. The lowest BCUT2D eigenvalue weighted by Crippen LogP contribution is -1.99. The number of pyridine rings is 1. The van der Waals surface area contributed by atoms with E-state index in [1.165, 1.54) is 12.1 Å². The van der Waals surface area contributed by atoms with Crippen molar-refractivity contribution in [3.8, 4) is 5.69 Å². The van der Waals surface area contributed by atoms with E-state index in [9.17, 15) is 4.39 Å². The molecule has 0 saturated carbocycles. The average molecular weight is 296 g/mol. The van der Waals surface area contributed by atoms with Gasteiger partial charge in [0.05, 0.1) is 10.7 Å². The van der Waals surface area contributed by atoms with Gasteiger partial charge in [-0.05, 0) is 37.3 Å². The van der Waals surface area contributed by atoms with Crippen LogP contribution in [0.3, 0.4) is 0 Å². The summed E-state index contributed by atoms with van der Waals surface area (Å²) >= 11 is 11.6. The third-order valence-electron chi connectivity index (χ3n) is 2.80. The highest BCUT2D eigenvalue weighted by Gasteiger charge is 2.12. The minimum absolute atomic E-state index is 0.0804. The second-order valence-corrected chi connectivity index (χ2v) is 4.86. The topological polar surface area (TPSA) is 30.7 Å². The molecule has 0 radical (unpaired) electrons. The first-order valence-electron chi connectivity index (χ1n) is 5.53. The largest absolute Gasteiger partial charge is 0.281 e. The van der Waals surface area contributed by atoms with Crippen molar-refractivity contribution in [2.75, 3.05) is 0 Å². The summed E-state index contributed by atoms with van der Waals surface area (Å²) in [6.07, 6.45) is 0. The van der Waals surface area contributed by atoms with E-state index in [1.807, 2.05) is 6.92 Å². The summed E-state index contributed by atoms with van der Waals surface area (Å²) < 4.78 is 15.3. The van der Waals surface area contributed by atoms with E-state index in [1.54, 1.807) is 22.8 Å². The molecule has 0 aliphatic rings. The molecule has 3 nitrogen and oxygen atoms in total.